The van der Waals surface area contributed by atoms with Crippen molar-refractivity contribution in [3.8, 4) is 50.3 Å². The third-order valence-corrected chi connectivity index (χ3v) is 12.0. The molecule has 51 heavy (non-hydrogen) atoms. The van der Waals surface area contributed by atoms with Crippen LogP contribution in [0.4, 0.5) is 0 Å². The lowest BCUT2D eigenvalue weighted by Gasteiger charge is -2.22. The summed E-state index contributed by atoms with van der Waals surface area (Å²) in [7, 11) is 0. The number of fused-ring (bicyclic) bond motifs is 9. The summed E-state index contributed by atoms with van der Waals surface area (Å²) in [5.41, 5.74) is 13.1. The molecule has 0 saturated carbocycles. The first-order valence-electron chi connectivity index (χ1n) is 17.1. The van der Waals surface area contributed by atoms with Gasteiger partial charge in [0.05, 0.1) is 16.7 Å². The minimum atomic E-state index is 0.972. The average Bonchev–Trinajstić information content (AvgIpc) is 3.53. The van der Waals surface area contributed by atoms with Gasteiger partial charge < -0.3 is 4.57 Å². The van der Waals surface area contributed by atoms with Crippen molar-refractivity contribution in [2.24, 2.45) is 0 Å². The van der Waals surface area contributed by atoms with E-state index in [1.54, 1.807) is 0 Å². The first-order chi connectivity index (χ1) is 25.3. The van der Waals surface area contributed by atoms with Crippen molar-refractivity contribution in [3.63, 3.8) is 0 Å². The Labute approximate surface area is 305 Å². The molecule has 2 nitrogen and oxygen atoms in total. The maximum absolute atomic E-state index is 4.72. The summed E-state index contributed by atoms with van der Waals surface area (Å²) in [6, 6.07) is 63.8. The zero-order valence-corrected chi connectivity index (χ0v) is 29.2. The van der Waals surface area contributed by atoms with Gasteiger partial charge in [-0.05, 0) is 94.5 Å². The molecule has 0 saturated heterocycles. The molecule has 0 atom stereocenters. The van der Waals surface area contributed by atoms with Gasteiger partial charge in [0.1, 0.15) is 0 Å². The van der Waals surface area contributed by atoms with Crippen LogP contribution in [0.25, 0.3) is 72.1 Å². The number of nitrogens with zero attached hydrogens (tertiary/aromatic N) is 2. The molecule has 4 heteroatoms. The Morgan fingerprint density at radius 1 is 0.392 bits per heavy atom. The van der Waals surface area contributed by atoms with Gasteiger partial charge in [-0.2, -0.15) is 0 Å². The number of rotatable bonds is 3. The SMILES string of the molecule is c1ccc(-n2c3ccccc3c3cc(-c4cccc5c4-c4ccc(-c6ccccn6)cc4Sc4ccccc4-c4ccccc4S5)ccc32)cc1. The van der Waals surface area contributed by atoms with E-state index in [0.29, 0.717) is 0 Å². The monoisotopic (exact) mass is 686 g/mol. The highest BCUT2D eigenvalue weighted by Crippen LogP contribution is 2.52. The summed E-state index contributed by atoms with van der Waals surface area (Å²) in [6.07, 6.45) is 1.87. The van der Waals surface area contributed by atoms with Gasteiger partial charge >= 0.3 is 0 Å². The summed E-state index contributed by atoms with van der Waals surface area (Å²) < 4.78 is 2.38. The second-order valence-electron chi connectivity index (χ2n) is 12.7. The van der Waals surface area contributed by atoms with Crippen molar-refractivity contribution in [1.29, 1.82) is 0 Å². The van der Waals surface area contributed by atoms with E-state index in [9.17, 15) is 0 Å². The van der Waals surface area contributed by atoms with E-state index in [2.05, 4.69) is 174 Å². The zero-order chi connectivity index (χ0) is 33.7. The Balaban J connectivity index is 1.24. The number of para-hydroxylation sites is 2. The van der Waals surface area contributed by atoms with Crippen molar-refractivity contribution in [3.05, 3.63) is 182 Å². The molecule has 10 rings (SSSR count). The first-order valence-corrected chi connectivity index (χ1v) is 18.8. The highest BCUT2D eigenvalue weighted by molar-refractivity contribution is 8.00. The van der Waals surface area contributed by atoms with Crippen molar-refractivity contribution in [2.45, 2.75) is 19.6 Å². The Morgan fingerprint density at radius 2 is 1.04 bits per heavy atom. The molecular formula is C47H30N2S2. The minimum absolute atomic E-state index is 0.972. The van der Waals surface area contributed by atoms with Gasteiger partial charge in [-0.15, -0.1) is 0 Å². The Bertz CT molecular complexity index is 2750. The molecule has 9 aromatic rings. The predicted molar refractivity (Wildman–Crippen MR) is 215 cm³/mol. The highest BCUT2D eigenvalue weighted by Gasteiger charge is 2.23. The zero-order valence-electron chi connectivity index (χ0n) is 27.5. The maximum Gasteiger partial charge on any atom is 0.0702 e. The summed E-state index contributed by atoms with van der Waals surface area (Å²) in [6.45, 7) is 0. The molecule has 0 unspecified atom stereocenters. The van der Waals surface area contributed by atoms with Gasteiger partial charge in [0, 0.05) is 53.4 Å². The predicted octanol–water partition coefficient (Wildman–Crippen LogP) is 13.5. The largest absolute Gasteiger partial charge is 0.309 e. The standard InChI is InChI=1S/C47H30N2S2/c1-2-13-33(14-3-1)49-41-20-7-4-15-35(41)39-29-31(25-27-42(39)49)34-18-12-23-45-47(34)38-26-24-32(40-19-10-11-28-48-40)30-46(38)51-44-22-9-6-17-37(44)36-16-5-8-21-43(36)50-45/h1-30H. The Morgan fingerprint density at radius 3 is 1.84 bits per heavy atom. The van der Waals surface area contributed by atoms with E-state index < -0.39 is 0 Å². The lowest BCUT2D eigenvalue weighted by atomic mass is 9.92. The van der Waals surface area contributed by atoms with Crippen LogP contribution in [0.5, 0.6) is 0 Å². The maximum atomic E-state index is 4.72. The molecule has 0 spiro atoms. The second kappa shape index (κ2) is 12.5. The van der Waals surface area contributed by atoms with Crippen molar-refractivity contribution in [2.75, 3.05) is 0 Å². The normalized spacial score (nSPS) is 12.2. The molecule has 0 radical (unpaired) electrons. The van der Waals surface area contributed by atoms with Gasteiger partial charge in [-0.3, -0.25) is 4.98 Å². The van der Waals surface area contributed by atoms with Gasteiger partial charge in [0.25, 0.3) is 0 Å². The molecule has 3 heterocycles. The van der Waals surface area contributed by atoms with Crippen LogP contribution in [-0.2, 0) is 0 Å². The fourth-order valence-electron chi connectivity index (χ4n) is 7.43. The molecule has 240 valence electrons. The number of aromatic nitrogens is 2. The van der Waals surface area contributed by atoms with Crippen LogP contribution in [0.1, 0.15) is 0 Å². The lowest BCUT2D eigenvalue weighted by molar-refractivity contribution is 1.18. The minimum Gasteiger partial charge on any atom is -0.309 e. The van der Waals surface area contributed by atoms with Crippen molar-refractivity contribution >= 4 is 45.3 Å². The van der Waals surface area contributed by atoms with Crippen molar-refractivity contribution in [1.82, 2.24) is 9.55 Å². The molecule has 7 aromatic carbocycles. The number of hydrogen-bond donors (Lipinski definition) is 0. The molecule has 2 aromatic heterocycles. The third-order valence-electron chi connectivity index (χ3n) is 9.74. The van der Waals surface area contributed by atoms with E-state index in [1.807, 2.05) is 35.8 Å². The molecule has 0 aliphatic carbocycles. The lowest BCUT2D eigenvalue weighted by Crippen LogP contribution is -1.96. The van der Waals surface area contributed by atoms with Crippen LogP contribution in [0.3, 0.4) is 0 Å². The van der Waals surface area contributed by atoms with Gasteiger partial charge in [-0.25, -0.2) is 0 Å². The molecule has 1 aliphatic heterocycles. The summed E-state index contributed by atoms with van der Waals surface area (Å²) >= 11 is 3.70. The van der Waals surface area contributed by atoms with Crippen LogP contribution in [0.2, 0.25) is 0 Å². The van der Waals surface area contributed by atoms with Crippen molar-refractivity contribution < 1.29 is 0 Å². The summed E-state index contributed by atoms with van der Waals surface area (Å²) in [5.74, 6) is 0. The molecule has 0 fully saturated rings. The topological polar surface area (TPSA) is 17.8 Å². The fraction of sp³-hybridized carbons (Fsp3) is 0. The smallest absolute Gasteiger partial charge is 0.0702 e. The van der Waals surface area contributed by atoms with Gasteiger partial charge in [0.15, 0.2) is 0 Å². The third kappa shape index (κ3) is 5.18. The number of pyridine rings is 1. The Kier molecular flexibility index (Phi) is 7.37. The van der Waals surface area contributed by atoms with Crippen LogP contribution in [-0.4, -0.2) is 9.55 Å². The van der Waals surface area contributed by atoms with E-state index in [1.165, 1.54) is 80.5 Å². The van der Waals surface area contributed by atoms with Crippen LogP contribution in [0, 0.1) is 0 Å². The van der Waals surface area contributed by atoms with Crippen LogP contribution in [0.15, 0.2) is 202 Å². The fourth-order valence-corrected chi connectivity index (χ4v) is 9.71. The van der Waals surface area contributed by atoms with E-state index in [4.69, 9.17) is 4.98 Å². The second-order valence-corrected chi connectivity index (χ2v) is 14.9. The van der Waals surface area contributed by atoms with Gasteiger partial charge in [-0.1, -0.05) is 133 Å². The van der Waals surface area contributed by atoms with Gasteiger partial charge in [0.2, 0.25) is 0 Å². The summed E-state index contributed by atoms with van der Waals surface area (Å²) in [4.78, 5) is 9.65. The Hall–Kier alpha value is -5.81. The van der Waals surface area contributed by atoms with Crippen LogP contribution >= 0.6 is 23.5 Å². The number of hydrogen-bond acceptors (Lipinski definition) is 3. The molecule has 0 N–H and O–H groups in total. The molecule has 1 aliphatic rings. The van der Waals surface area contributed by atoms with E-state index >= 15 is 0 Å². The van der Waals surface area contributed by atoms with Crippen LogP contribution < -0.4 is 0 Å². The van der Waals surface area contributed by atoms with E-state index in [0.717, 1.165) is 11.3 Å². The highest BCUT2D eigenvalue weighted by atomic mass is 32.2. The molecule has 0 bridgehead atoms. The van der Waals surface area contributed by atoms with E-state index in [-0.39, 0.29) is 0 Å². The average molecular weight is 687 g/mol. The summed E-state index contributed by atoms with van der Waals surface area (Å²) in [5, 5.41) is 2.50. The number of benzene rings is 7. The molecular weight excluding hydrogens is 657 g/mol. The first kappa shape index (κ1) is 30.1. The quantitative estimate of drug-likeness (QED) is 0.184. The molecule has 0 amide bonds.